The molecule has 2 aromatic rings. The molecule has 1 aromatic carbocycles. The number of hydrogen-bond acceptors (Lipinski definition) is 5. The number of rotatable bonds is 4. The van der Waals surface area contributed by atoms with Crippen molar-refractivity contribution in [3.63, 3.8) is 0 Å². The lowest BCUT2D eigenvalue weighted by atomic mass is 10.0. The normalized spacial score (nSPS) is 20.8. The Morgan fingerprint density at radius 3 is 2.92 bits per heavy atom. The summed E-state index contributed by atoms with van der Waals surface area (Å²) in [7, 11) is 0. The molecule has 0 saturated carbocycles. The molecule has 1 aliphatic heterocycles. The van der Waals surface area contributed by atoms with Gasteiger partial charge >= 0.3 is 0 Å². The molecule has 0 spiro atoms. The van der Waals surface area contributed by atoms with Crippen LogP contribution in [0.1, 0.15) is 37.6 Å². The highest BCUT2D eigenvalue weighted by molar-refractivity contribution is 6.31. The van der Waals surface area contributed by atoms with Crippen LogP contribution in [0.25, 0.3) is 0 Å². The fourth-order valence-corrected chi connectivity index (χ4v) is 3.33. The molecule has 6 nitrogen and oxygen atoms in total. The summed E-state index contributed by atoms with van der Waals surface area (Å²) in [6, 6.07) is 6.32. The van der Waals surface area contributed by atoms with Crippen LogP contribution in [0.2, 0.25) is 5.02 Å². The van der Waals surface area contributed by atoms with E-state index in [1.807, 2.05) is 25.1 Å². The van der Waals surface area contributed by atoms with E-state index in [4.69, 9.17) is 17.3 Å². The molecule has 1 saturated heterocycles. The van der Waals surface area contributed by atoms with Crippen molar-refractivity contribution in [3.05, 3.63) is 34.6 Å². The second-order valence-corrected chi connectivity index (χ2v) is 6.86. The molecule has 4 N–H and O–H groups in total. The molecule has 0 radical (unpaired) electrons. The van der Waals surface area contributed by atoms with E-state index >= 15 is 0 Å². The van der Waals surface area contributed by atoms with Crippen LogP contribution in [0.5, 0.6) is 0 Å². The van der Waals surface area contributed by atoms with Crippen LogP contribution in [0.4, 0.5) is 17.6 Å². The van der Waals surface area contributed by atoms with Gasteiger partial charge in [0.15, 0.2) is 5.82 Å². The van der Waals surface area contributed by atoms with Gasteiger partial charge in [-0.1, -0.05) is 17.7 Å². The van der Waals surface area contributed by atoms with E-state index in [1.165, 1.54) is 24.2 Å². The zero-order valence-corrected chi connectivity index (χ0v) is 14.9. The molecule has 1 aromatic heterocycles. The van der Waals surface area contributed by atoms with Gasteiger partial charge in [0.1, 0.15) is 6.54 Å². The number of likely N-dealkylation sites (tertiary alicyclic amines) is 1. The Bertz CT molecular complexity index is 720. The van der Waals surface area contributed by atoms with E-state index in [1.54, 1.807) is 0 Å². The van der Waals surface area contributed by atoms with Gasteiger partial charge in [0.2, 0.25) is 11.9 Å². The lowest BCUT2D eigenvalue weighted by Crippen LogP contribution is -3.15. The van der Waals surface area contributed by atoms with Crippen molar-refractivity contribution in [1.29, 1.82) is 0 Å². The van der Waals surface area contributed by atoms with E-state index in [9.17, 15) is 0 Å². The number of nitrogens with one attached hydrogen (secondary N) is 2. The topological polar surface area (TPSA) is 81.2 Å². The van der Waals surface area contributed by atoms with Gasteiger partial charge in [-0.3, -0.25) is 0 Å². The number of piperidine rings is 1. The van der Waals surface area contributed by atoms with Crippen LogP contribution < -0.4 is 16.0 Å². The Morgan fingerprint density at radius 1 is 1.29 bits per heavy atom. The number of anilines is 3. The van der Waals surface area contributed by atoms with Crippen molar-refractivity contribution < 1.29 is 4.90 Å². The maximum atomic E-state index is 6.17. The predicted molar refractivity (Wildman–Crippen MR) is 96.6 cm³/mol. The van der Waals surface area contributed by atoms with E-state index in [2.05, 4.69) is 27.2 Å². The van der Waals surface area contributed by atoms with Crippen molar-refractivity contribution in [2.45, 2.75) is 45.7 Å². The number of quaternary nitrogens is 1. The van der Waals surface area contributed by atoms with Gasteiger partial charge in [0.05, 0.1) is 12.6 Å². The average molecular weight is 348 g/mol. The molecule has 2 atom stereocenters. The van der Waals surface area contributed by atoms with Gasteiger partial charge in [0.25, 0.3) is 0 Å². The number of nitrogens with zero attached hydrogens (tertiary/aromatic N) is 3. The minimum absolute atomic E-state index is 0.242. The molecule has 2 heterocycles. The van der Waals surface area contributed by atoms with Gasteiger partial charge in [0, 0.05) is 10.7 Å². The van der Waals surface area contributed by atoms with Crippen LogP contribution in [0.3, 0.4) is 0 Å². The predicted octanol–water partition coefficient (Wildman–Crippen LogP) is 2.12. The van der Waals surface area contributed by atoms with Crippen LogP contribution in [-0.4, -0.2) is 27.5 Å². The molecule has 0 aliphatic carbocycles. The van der Waals surface area contributed by atoms with Crippen LogP contribution in [-0.2, 0) is 6.54 Å². The van der Waals surface area contributed by atoms with Crippen molar-refractivity contribution in [1.82, 2.24) is 15.0 Å². The fraction of sp³-hybridized carbons (Fsp3) is 0.471. The minimum atomic E-state index is 0.242. The first-order chi connectivity index (χ1) is 11.5. The maximum Gasteiger partial charge on any atom is 0.232 e. The summed E-state index contributed by atoms with van der Waals surface area (Å²) in [6.07, 6.45) is 3.82. The SMILES string of the molecule is Cc1c(Cl)cccc1Nc1nc(N)nc(C[NH+]2CCCC[C@H]2C)n1. The smallest absolute Gasteiger partial charge is 0.232 e. The van der Waals surface area contributed by atoms with Gasteiger partial charge in [-0.05, 0) is 50.8 Å². The monoisotopic (exact) mass is 347 g/mol. The van der Waals surface area contributed by atoms with Crippen molar-refractivity contribution in [3.8, 4) is 0 Å². The summed E-state index contributed by atoms with van der Waals surface area (Å²) in [4.78, 5) is 14.6. The fourth-order valence-electron chi connectivity index (χ4n) is 3.16. The van der Waals surface area contributed by atoms with Gasteiger partial charge < -0.3 is 16.0 Å². The zero-order chi connectivity index (χ0) is 17.1. The van der Waals surface area contributed by atoms with Crippen LogP contribution in [0, 0.1) is 6.92 Å². The first-order valence-electron chi connectivity index (χ1n) is 8.40. The van der Waals surface area contributed by atoms with Crippen LogP contribution >= 0.6 is 11.6 Å². The Kier molecular flexibility index (Phi) is 5.16. The summed E-state index contributed by atoms with van der Waals surface area (Å²) in [5.41, 5.74) is 7.71. The van der Waals surface area contributed by atoms with Crippen molar-refractivity contribution >= 4 is 29.2 Å². The Labute approximate surface area is 147 Å². The zero-order valence-electron chi connectivity index (χ0n) is 14.1. The summed E-state index contributed by atoms with van der Waals surface area (Å²) < 4.78 is 0. The number of benzene rings is 1. The van der Waals surface area contributed by atoms with Crippen molar-refractivity contribution in [2.24, 2.45) is 0 Å². The molecule has 3 rings (SSSR count). The summed E-state index contributed by atoms with van der Waals surface area (Å²) >= 11 is 6.17. The minimum Gasteiger partial charge on any atom is -0.368 e. The maximum absolute atomic E-state index is 6.17. The number of hydrogen-bond donors (Lipinski definition) is 3. The third kappa shape index (κ3) is 3.94. The summed E-state index contributed by atoms with van der Waals surface area (Å²) in [5.74, 6) is 1.44. The summed E-state index contributed by atoms with van der Waals surface area (Å²) in [5, 5.41) is 3.91. The average Bonchev–Trinajstić information content (AvgIpc) is 2.54. The quantitative estimate of drug-likeness (QED) is 0.789. The second kappa shape index (κ2) is 7.32. The molecule has 1 fully saturated rings. The molecule has 0 bridgehead atoms. The van der Waals surface area contributed by atoms with Gasteiger partial charge in [-0.25, -0.2) is 0 Å². The number of nitrogen functional groups attached to an aromatic ring is 1. The van der Waals surface area contributed by atoms with E-state index < -0.39 is 0 Å². The Balaban J connectivity index is 1.79. The third-order valence-electron chi connectivity index (χ3n) is 4.68. The molecule has 0 amide bonds. The van der Waals surface area contributed by atoms with Crippen molar-refractivity contribution in [2.75, 3.05) is 17.6 Å². The van der Waals surface area contributed by atoms with Crippen LogP contribution in [0.15, 0.2) is 18.2 Å². The first-order valence-corrected chi connectivity index (χ1v) is 8.78. The molecule has 24 heavy (non-hydrogen) atoms. The largest absolute Gasteiger partial charge is 0.368 e. The number of nitrogens with two attached hydrogens (primary N) is 1. The van der Waals surface area contributed by atoms with E-state index in [0.717, 1.165) is 30.2 Å². The van der Waals surface area contributed by atoms with E-state index in [-0.39, 0.29) is 5.95 Å². The highest BCUT2D eigenvalue weighted by Gasteiger charge is 2.23. The summed E-state index contributed by atoms with van der Waals surface area (Å²) in [6.45, 7) is 6.17. The Hall–Kier alpha value is -1.92. The number of aromatic nitrogens is 3. The first kappa shape index (κ1) is 16.9. The second-order valence-electron chi connectivity index (χ2n) is 6.45. The van der Waals surface area contributed by atoms with Gasteiger partial charge in [-0.2, -0.15) is 15.0 Å². The lowest BCUT2D eigenvalue weighted by molar-refractivity contribution is -0.942. The lowest BCUT2D eigenvalue weighted by Gasteiger charge is -2.29. The Morgan fingerprint density at radius 2 is 2.12 bits per heavy atom. The standard InChI is InChI=1S/C17H23ClN6/c1-11-6-3-4-9-24(11)10-15-21-16(19)23-17(22-15)20-14-8-5-7-13(18)12(14)2/h5,7-8,11H,3-4,6,9-10H2,1-2H3,(H3,19,20,21,22,23)/p+1/t11-/m1/s1. The highest BCUT2D eigenvalue weighted by Crippen LogP contribution is 2.25. The molecule has 1 aliphatic rings. The van der Waals surface area contributed by atoms with Gasteiger partial charge in [-0.15, -0.1) is 0 Å². The molecule has 7 heteroatoms. The number of halogens is 1. The molecular formula is C17H24ClN6+. The molecular weight excluding hydrogens is 324 g/mol. The molecule has 1 unspecified atom stereocenters. The molecule has 128 valence electrons. The highest BCUT2D eigenvalue weighted by atomic mass is 35.5. The third-order valence-corrected chi connectivity index (χ3v) is 5.09. The van der Waals surface area contributed by atoms with E-state index in [0.29, 0.717) is 17.0 Å².